The number of halogens is 1. The van der Waals surface area contributed by atoms with Gasteiger partial charge >= 0.3 is 0 Å². The number of benzene rings is 1. The van der Waals surface area contributed by atoms with Crippen LogP contribution in [0.3, 0.4) is 0 Å². The summed E-state index contributed by atoms with van der Waals surface area (Å²) in [6.45, 7) is 11.8. The fourth-order valence-corrected chi connectivity index (χ4v) is 4.64. The molecule has 2 aromatic heterocycles. The maximum atomic E-state index is 13.4. The van der Waals surface area contributed by atoms with Crippen molar-refractivity contribution in [2.75, 3.05) is 18.4 Å². The van der Waals surface area contributed by atoms with E-state index in [1.165, 1.54) is 17.4 Å². The Balaban J connectivity index is 2.08. The van der Waals surface area contributed by atoms with Crippen molar-refractivity contribution in [2.24, 2.45) is 0 Å². The maximum absolute atomic E-state index is 13.4. The number of thiophene rings is 1. The van der Waals surface area contributed by atoms with E-state index in [0.29, 0.717) is 44.6 Å². The van der Waals surface area contributed by atoms with Gasteiger partial charge in [-0.25, -0.2) is 4.98 Å². The Hall–Kier alpha value is -3.22. The van der Waals surface area contributed by atoms with Crippen LogP contribution in [-0.4, -0.2) is 34.8 Å². The minimum atomic E-state index is -0.349. The zero-order valence-corrected chi connectivity index (χ0v) is 19.6. The number of rotatable bonds is 8. The number of pyridine rings is 1. The van der Waals surface area contributed by atoms with Crippen molar-refractivity contribution in [1.82, 2.24) is 9.88 Å². The van der Waals surface area contributed by atoms with E-state index in [9.17, 15) is 9.59 Å². The van der Waals surface area contributed by atoms with Crippen LogP contribution in [0.15, 0.2) is 61.7 Å². The molecule has 0 atom stereocenters. The summed E-state index contributed by atoms with van der Waals surface area (Å²) < 4.78 is 0. The first-order chi connectivity index (χ1) is 15.4. The molecule has 0 aliphatic rings. The van der Waals surface area contributed by atoms with Gasteiger partial charge in [0.25, 0.3) is 5.91 Å². The monoisotopic (exact) mass is 465 g/mol. The highest BCUT2D eigenvalue weighted by Crippen LogP contribution is 2.40. The fourth-order valence-electron chi connectivity index (χ4n) is 3.29. The van der Waals surface area contributed by atoms with Gasteiger partial charge in [-0.1, -0.05) is 54.1 Å². The lowest BCUT2D eigenvalue weighted by Gasteiger charge is -2.19. The van der Waals surface area contributed by atoms with Crippen molar-refractivity contribution < 1.29 is 9.59 Å². The first-order valence-electron chi connectivity index (χ1n) is 10.0. The van der Waals surface area contributed by atoms with Crippen molar-refractivity contribution in [2.45, 2.75) is 13.8 Å². The van der Waals surface area contributed by atoms with Crippen LogP contribution in [0.1, 0.15) is 26.5 Å². The molecule has 3 rings (SSSR count). The number of carbonyl (C=O) groups is 2. The maximum Gasteiger partial charge on any atom is 0.266 e. The van der Waals surface area contributed by atoms with Gasteiger partial charge in [-0.15, -0.1) is 24.5 Å². The van der Waals surface area contributed by atoms with Crippen LogP contribution in [0.5, 0.6) is 0 Å². The predicted octanol–water partition coefficient (Wildman–Crippen LogP) is 6.03. The predicted molar refractivity (Wildman–Crippen MR) is 135 cm³/mol. The Labute approximate surface area is 196 Å². The molecular formula is C25H24ClN3O2S. The number of carbonyl (C=O) groups excluding carboxylic acids is 2. The van der Waals surface area contributed by atoms with Crippen molar-refractivity contribution in [3.63, 3.8) is 0 Å². The molecule has 2 heterocycles. The zero-order chi connectivity index (χ0) is 23.3. The molecule has 164 valence electrons. The van der Waals surface area contributed by atoms with Crippen molar-refractivity contribution in [3.8, 4) is 0 Å². The van der Waals surface area contributed by atoms with Crippen LogP contribution in [0, 0.1) is 13.8 Å². The standard InChI is InChI=1S/C25H24ClN3O2S/c1-5-14-29(15-6-2)25(31)23-22(20-16(3)21(26)17(4)27-24(20)32-23)28-19(30)13-12-18-10-8-7-9-11-18/h5-13H,1-2,14-15H2,3-4H3,(H,28,30)/b13-12+. The number of nitrogens with zero attached hydrogens (tertiary/aromatic N) is 2. The minimum absolute atomic E-state index is 0.233. The first-order valence-corrected chi connectivity index (χ1v) is 11.2. The Morgan fingerprint density at radius 3 is 2.44 bits per heavy atom. The number of fused-ring (bicyclic) bond motifs is 1. The topological polar surface area (TPSA) is 62.3 Å². The molecule has 0 radical (unpaired) electrons. The molecule has 7 heteroatoms. The molecular weight excluding hydrogens is 442 g/mol. The fraction of sp³-hybridized carbons (Fsp3) is 0.160. The number of aryl methyl sites for hydroxylation is 2. The summed E-state index contributed by atoms with van der Waals surface area (Å²) >= 11 is 7.69. The summed E-state index contributed by atoms with van der Waals surface area (Å²) in [6.07, 6.45) is 6.46. The van der Waals surface area contributed by atoms with Gasteiger partial charge in [0.1, 0.15) is 9.71 Å². The molecule has 2 amide bonds. The van der Waals surface area contributed by atoms with Gasteiger partial charge in [0, 0.05) is 24.6 Å². The summed E-state index contributed by atoms with van der Waals surface area (Å²) in [5.41, 5.74) is 2.76. The van der Waals surface area contributed by atoms with Crippen LogP contribution in [0.2, 0.25) is 5.02 Å². The highest BCUT2D eigenvalue weighted by molar-refractivity contribution is 7.21. The van der Waals surface area contributed by atoms with Crippen LogP contribution < -0.4 is 5.32 Å². The Kier molecular flexibility index (Phi) is 7.62. The third-order valence-corrected chi connectivity index (χ3v) is 6.46. The lowest BCUT2D eigenvalue weighted by molar-refractivity contribution is -0.111. The van der Waals surface area contributed by atoms with E-state index in [0.717, 1.165) is 11.1 Å². The Bertz CT molecular complexity index is 1210. The minimum Gasteiger partial charge on any atom is -0.330 e. The SMILES string of the molecule is C=CCN(CC=C)C(=O)c1sc2nc(C)c(Cl)c(C)c2c1NC(=O)/C=C/c1ccccc1. The van der Waals surface area contributed by atoms with E-state index in [1.54, 1.807) is 23.1 Å². The summed E-state index contributed by atoms with van der Waals surface area (Å²) in [4.78, 5) is 33.3. The van der Waals surface area contributed by atoms with Crippen molar-refractivity contribution in [1.29, 1.82) is 0 Å². The molecule has 1 N–H and O–H groups in total. The Morgan fingerprint density at radius 1 is 1.16 bits per heavy atom. The molecule has 0 spiro atoms. The highest BCUT2D eigenvalue weighted by atomic mass is 35.5. The van der Waals surface area contributed by atoms with Gasteiger partial charge in [0.05, 0.1) is 16.4 Å². The molecule has 3 aromatic rings. The smallest absolute Gasteiger partial charge is 0.266 e. The first kappa shape index (κ1) is 23.4. The molecule has 0 bridgehead atoms. The van der Waals surface area contributed by atoms with Crippen LogP contribution in [0.4, 0.5) is 5.69 Å². The van der Waals surface area contributed by atoms with E-state index < -0.39 is 0 Å². The van der Waals surface area contributed by atoms with Gasteiger partial charge in [-0.2, -0.15) is 0 Å². The van der Waals surface area contributed by atoms with Crippen LogP contribution in [0.25, 0.3) is 16.3 Å². The summed E-state index contributed by atoms with van der Waals surface area (Å²) in [5, 5.41) is 4.08. The lowest BCUT2D eigenvalue weighted by Crippen LogP contribution is -2.31. The van der Waals surface area contributed by atoms with E-state index >= 15 is 0 Å². The van der Waals surface area contributed by atoms with Crippen molar-refractivity contribution in [3.05, 3.63) is 88.4 Å². The molecule has 0 fully saturated rings. The van der Waals surface area contributed by atoms with Crippen molar-refractivity contribution >= 4 is 56.7 Å². The highest BCUT2D eigenvalue weighted by Gasteiger charge is 2.26. The third kappa shape index (κ3) is 4.98. The number of hydrogen-bond donors (Lipinski definition) is 1. The summed E-state index contributed by atoms with van der Waals surface area (Å²) in [5.74, 6) is -0.582. The normalized spacial score (nSPS) is 11.0. The van der Waals surface area contributed by atoms with Crippen LogP contribution in [-0.2, 0) is 4.79 Å². The quantitative estimate of drug-likeness (QED) is 0.326. The average Bonchev–Trinajstić information content (AvgIpc) is 3.14. The Morgan fingerprint density at radius 2 is 1.81 bits per heavy atom. The summed E-state index contributed by atoms with van der Waals surface area (Å²) in [6, 6.07) is 9.50. The second-order valence-electron chi connectivity index (χ2n) is 7.14. The molecule has 0 unspecified atom stereocenters. The van der Waals surface area contributed by atoms with E-state index in [2.05, 4.69) is 23.5 Å². The molecule has 5 nitrogen and oxygen atoms in total. The molecule has 1 aromatic carbocycles. The molecule has 0 saturated heterocycles. The van der Waals surface area contributed by atoms with Gasteiger partial charge < -0.3 is 10.2 Å². The number of hydrogen-bond acceptors (Lipinski definition) is 4. The number of anilines is 1. The average molecular weight is 466 g/mol. The largest absolute Gasteiger partial charge is 0.330 e. The van der Waals surface area contributed by atoms with Gasteiger partial charge in [0.15, 0.2) is 0 Å². The van der Waals surface area contributed by atoms with Crippen LogP contribution >= 0.6 is 22.9 Å². The molecule has 0 aliphatic carbocycles. The second-order valence-corrected chi connectivity index (χ2v) is 8.52. The van der Waals surface area contributed by atoms with Gasteiger partial charge in [0.2, 0.25) is 5.91 Å². The third-order valence-electron chi connectivity index (χ3n) is 4.84. The number of nitrogens with one attached hydrogen (secondary N) is 1. The number of aromatic nitrogens is 1. The van der Waals surface area contributed by atoms with E-state index in [4.69, 9.17) is 11.6 Å². The second kappa shape index (κ2) is 10.4. The van der Waals surface area contributed by atoms with Gasteiger partial charge in [-0.3, -0.25) is 9.59 Å². The van der Waals surface area contributed by atoms with E-state index in [1.807, 2.05) is 44.2 Å². The van der Waals surface area contributed by atoms with E-state index in [-0.39, 0.29) is 11.8 Å². The molecule has 0 aliphatic heterocycles. The van der Waals surface area contributed by atoms with Gasteiger partial charge in [-0.05, 0) is 31.1 Å². The molecule has 32 heavy (non-hydrogen) atoms. The zero-order valence-electron chi connectivity index (χ0n) is 18.0. The summed E-state index contributed by atoms with van der Waals surface area (Å²) in [7, 11) is 0. The lowest BCUT2D eigenvalue weighted by atomic mass is 10.1. The number of amides is 2. The molecule has 0 saturated carbocycles.